The van der Waals surface area contributed by atoms with E-state index in [0.29, 0.717) is 0 Å². The summed E-state index contributed by atoms with van der Waals surface area (Å²) in [4.78, 5) is 0. The van der Waals surface area contributed by atoms with E-state index in [4.69, 9.17) is 0 Å². The number of aliphatic hydroxyl groups is 1. The second-order valence-corrected chi connectivity index (χ2v) is 6.87. The van der Waals surface area contributed by atoms with E-state index in [1.54, 1.807) is 7.05 Å². The van der Waals surface area contributed by atoms with E-state index in [1.807, 2.05) is 32.0 Å². The van der Waals surface area contributed by atoms with Gasteiger partial charge in [0.15, 0.2) is 9.84 Å². The largest absolute Gasteiger partial charge is 0.391 e. The minimum Gasteiger partial charge on any atom is -0.391 e. The number of benzene rings is 1. The molecule has 102 valence electrons. The lowest BCUT2D eigenvalue weighted by atomic mass is 10.1. The third-order valence-electron chi connectivity index (χ3n) is 2.55. The second-order valence-electron chi connectivity index (χ2n) is 4.76. The number of aryl methyl sites for hydroxylation is 2. The molecule has 18 heavy (non-hydrogen) atoms. The lowest BCUT2D eigenvalue weighted by Crippen LogP contribution is -2.31. The van der Waals surface area contributed by atoms with E-state index in [-0.39, 0.29) is 18.1 Å². The Morgan fingerprint density at radius 1 is 1.22 bits per heavy atom. The molecule has 1 atom stereocenters. The molecule has 1 aromatic rings. The summed E-state index contributed by atoms with van der Waals surface area (Å²) < 4.78 is 23.8. The van der Waals surface area contributed by atoms with Crippen molar-refractivity contribution in [1.29, 1.82) is 0 Å². The Morgan fingerprint density at radius 2 is 1.78 bits per heavy atom. The highest BCUT2D eigenvalue weighted by molar-refractivity contribution is 7.90. The summed E-state index contributed by atoms with van der Waals surface area (Å²) in [5.41, 5.74) is 2.89. The lowest BCUT2D eigenvalue weighted by molar-refractivity contribution is 0.196. The first kappa shape index (κ1) is 15.1. The molecule has 4 nitrogen and oxygen atoms in total. The maximum atomic E-state index is 11.9. The van der Waals surface area contributed by atoms with Gasteiger partial charge in [0.2, 0.25) is 0 Å². The van der Waals surface area contributed by atoms with Gasteiger partial charge in [-0.15, -0.1) is 0 Å². The summed E-state index contributed by atoms with van der Waals surface area (Å²) in [5, 5.41) is 12.3. The van der Waals surface area contributed by atoms with E-state index in [2.05, 4.69) is 5.32 Å². The van der Waals surface area contributed by atoms with Crippen LogP contribution in [-0.4, -0.2) is 39.0 Å². The van der Waals surface area contributed by atoms with Crippen LogP contribution in [0.25, 0.3) is 0 Å². The molecular weight excluding hydrogens is 250 g/mol. The molecule has 0 saturated heterocycles. The van der Waals surface area contributed by atoms with Gasteiger partial charge in [-0.2, -0.15) is 0 Å². The van der Waals surface area contributed by atoms with Gasteiger partial charge in [-0.3, -0.25) is 0 Å². The zero-order chi connectivity index (χ0) is 13.8. The number of hydrogen-bond donors (Lipinski definition) is 2. The Hall–Kier alpha value is -0.910. The number of sulfone groups is 1. The van der Waals surface area contributed by atoms with Crippen LogP contribution in [0.3, 0.4) is 0 Å². The van der Waals surface area contributed by atoms with E-state index in [9.17, 15) is 13.5 Å². The molecule has 0 bridgehead atoms. The summed E-state index contributed by atoms with van der Waals surface area (Å²) in [6.45, 7) is 4.17. The predicted molar refractivity (Wildman–Crippen MR) is 73.3 cm³/mol. The van der Waals surface area contributed by atoms with E-state index < -0.39 is 15.9 Å². The Labute approximate surface area is 109 Å². The molecule has 5 heteroatoms. The molecule has 0 saturated carbocycles. The number of nitrogens with one attached hydrogen (secondary N) is 1. The third-order valence-corrected chi connectivity index (χ3v) is 4.22. The SMILES string of the molecule is CNCC(O)CS(=O)(=O)Cc1cc(C)cc(C)c1. The van der Waals surface area contributed by atoms with Gasteiger partial charge < -0.3 is 10.4 Å². The number of aliphatic hydroxyl groups excluding tert-OH is 1. The summed E-state index contributed by atoms with van der Waals surface area (Å²) in [7, 11) is -1.60. The molecule has 0 aliphatic carbocycles. The molecule has 1 rings (SSSR count). The van der Waals surface area contributed by atoms with Crippen molar-refractivity contribution in [2.24, 2.45) is 0 Å². The average Bonchev–Trinajstić information content (AvgIpc) is 2.13. The molecule has 0 fully saturated rings. The highest BCUT2D eigenvalue weighted by Gasteiger charge is 2.17. The van der Waals surface area contributed by atoms with Gasteiger partial charge in [-0.25, -0.2) is 8.42 Å². The normalized spacial score (nSPS) is 13.6. The molecular formula is C13H21NO3S. The molecule has 0 aliphatic rings. The standard InChI is InChI=1S/C13H21NO3S/c1-10-4-11(2)6-12(5-10)8-18(16,17)9-13(15)7-14-3/h4-6,13-15H,7-9H2,1-3H3. The molecule has 1 unspecified atom stereocenters. The highest BCUT2D eigenvalue weighted by atomic mass is 32.2. The fraction of sp³-hybridized carbons (Fsp3) is 0.538. The van der Waals surface area contributed by atoms with Gasteiger partial charge in [-0.05, 0) is 26.5 Å². The quantitative estimate of drug-likeness (QED) is 0.803. The average molecular weight is 271 g/mol. The van der Waals surface area contributed by atoms with Crippen molar-refractivity contribution in [3.63, 3.8) is 0 Å². The summed E-state index contributed by atoms with van der Waals surface area (Å²) in [6, 6.07) is 5.75. The summed E-state index contributed by atoms with van der Waals surface area (Å²) in [5.74, 6) is -0.225. The van der Waals surface area contributed by atoms with Crippen molar-refractivity contribution in [3.05, 3.63) is 34.9 Å². The van der Waals surface area contributed by atoms with Crippen LogP contribution < -0.4 is 5.32 Å². The first-order chi connectivity index (χ1) is 8.32. The number of hydrogen-bond acceptors (Lipinski definition) is 4. The molecule has 0 radical (unpaired) electrons. The van der Waals surface area contributed by atoms with Crippen molar-refractivity contribution in [2.75, 3.05) is 19.3 Å². The van der Waals surface area contributed by atoms with Crippen molar-refractivity contribution in [3.8, 4) is 0 Å². The molecule has 0 spiro atoms. The molecule has 0 amide bonds. The minimum absolute atomic E-state index is 0.0176. The first-order valence-electron chi connectivity index (χ1n) is 5.92. The van der Waals surface area contributed by atoms with Crippen LogP contribution in [0.2, 0.25) is 0 Å². The highest BCUT2D eigenvalue weighted by Crippen LogP contribution is 2.13. The Morgan fingerprint density at radius 3 is 2.28 bits per heavy atom. The Balaban J connectivity index is 2.76. The predicted octanol–water partition coefficient (Wildman–Crippen LogP) is 0.799. The van der Waals surface area contributed by atoms with Crippen LogP contribution in [0, 0.1) is 13.8 Å². The minimum atomic E-state index is -3.28. The third kappa shape index (κ3) is 5.16. The van der Waals surface area contributed by atoms with Crippen molar-refractivity contribution >= 4 is 9.84 Å². The van der Waals surface area contributed by atoms with Crippen molar-refractivity contribution in [2.45, 2.75) is 25.7 Å². The number of likely N-dealkylation sites (N-methyl/N-ethyl adjacent to an activating group) is 1. The summed E-state index contributed by atoms with van der Waals surface area (Å²) >= 11 is 0. The van der Waals surface area contributed by atoms with Crippen LogP contribution >= 0.6 is 0 Å². The number of rotatable bonds is 6. The molecule has 1 aromatic carbocycles. The van der Waals surface area contributed by atoms with Crippen LogP contribution in [0.5, 0.6) is 0 Å². The lowest BCUT2D eigenvalue weighted by Gasteiger charge is -2.11. The van der Waals surface area contributed by atoms with Crippen LogP contribution in [-0.2, 0) is 15.6 Å². The van der Waals surface area contributed by atoms with Crippen molar-refractivity contribution in [1.82, 2.24) is 5.32 Å². The zero-order valence-corrected chi connectivity index (χ0v) is 11.9. The molecule has 0 aliphatic heterocycles. The monoisotopic (exact) mass is 271 g/mol. The second kappa shape index (κ2) is 6.31. The molecule has 0 heterocycles. The van der Waals surface area contributed by atoms with E-state index in [0.717, 1.165) is 16.7 Å². The fourth-order valence-corrected chi connectivity index (χ4v) is 3.55. The fourth-order valence-electron chi connectivity index (χ4n) is 2.05. The van der Waals surface area contributed by atoms with E-state index in [1.165, 1.54) is 0 Å². The Bertz CT molecular complexity index is 477. The smallest absolute Gasteiger partial charge is 0.157 e. The maximum absolute atomic E-state index is 11.9. The van der Waals surface area contributed by atoms with Gasteiger partial charge in [0.25, 0.3) is 0 Å². The summed E-state index contributed by atoms with van der Waals surface area (Å²) in [6.07, 6.45) is -0.856. The van der Waals surface area contributed by atoms with Crippen LogP contribution in [0.4, 0.5) is 0 Å². The van der Waals surface area contributed by atoms with E-state index >= 15 is 0 Å². The van der Waals surface area contributed by atoms with Crippen LogP contribution in [0.1, 0.15) is 16.7 Å². The molecule has 0 aromatic heterocycles. The van der Waals surface area contributed by atoms with Crippen LogP contribution in [0.15, 0.2) is 18.2 Å². The Kier molecular flexibility index (Phi) is 5.31. The van der Waals surface area contributed by atoms with Gasteiger partial charge in [0.05, 0.1) is 17.6 Å². The molecule has 2 N–H and O–H groups in total. The van der Waals surface area contributed by atoms with Gasteiger partial charge >= 0.3 is 0 Å². The van der Waals surface area contributed by atoms with Gasteiger partial charge in [0, 0.05) is 6.54 Å². The maximum Gasteiger partial charge on any atom is 0.157 e. The zero-order valence-electron chi connectivity index (χ0n) is 11.1. The first-order valence-corrected chi connectivity index (χ1v) is 7.75. The van der Waals surface area contributed by atoms with Gasteiger partial charge in [0.1, 0.15) is 0 Å². The van der Waals surface area contributed by atoms with Gasteiger partial charge in [-0.1, -0.05) is 29.3 Å². The van der Waals surface area contributed by atoms with Crippen molar-refractivity contribution < 1.29 is 13.5 Å². The topological polar surface area (TPSA) is 66.4 Å².